The number of aliphatic hydroxyl groups excluding tert-OH is 1. The van der Waals surface area contributed by atoms with Gasteiger partial charge >= 0.3 is 12.1 Å². The summed E-state index contributed by atoms with van der Waals surface area (Å²) >= 11 is 1.36. The van der Waals surface area contributed by atoms with Crippen LogP contribution in [0, 0.1) is 32.1 Å². The number of nitro groups is 2. The molecular formula is C32H34N4O12S. The molecule has 0 radical (unpaired) electrons. The molecule has 4 aliphatic heterocycles. The Balaban J connectivity index is 1.20. The van der Waals surface area contributed by atoms with Gasteiger partial charge in [-0.25, -0.2) is 9.59 Å². The first-order valence-corrected chi connectivity index (χ1v) is 16.5. The van der Waals surface area contributed by atoms with Crippen molar-refractivity contribution in [3.05, 3.63) is 90.5 Å². The summed E-state index contributed by atoms with van der Waals surface area (Å²) in [4.78, 5) is 64.7. The van der Waals surface area contributed by atoms with Gasteiger partial charge in [-0.05, 0) is 48.7 Å². The number of carbonyl (C=O) groups excluding carboxylic acids is 3. The van der Waals surface area contributed by atoms with Crippen molar-refractivity contribution >= 4 is 41.1 Å². The average molecular weight is 699 g/mol. The number of hydrogen-bond acceptors (Lipinski definition) is 13. The second kappa shape index (κ2) is 14.1. The van der Waals surface area contributed by atoms with E-state index in [2.05, 4.69) is 0 Å². The van der Waals surface area contributed by atoms with E-state index >= 15 is 0 Å². The van der Waals surface area contributed by atoms with Crippen LogP contribution in [-0.2, 0) is 41.8 Å². The molecule has 0 saturated carbocycles. The lowest BCUT2D eigenvalue weighted by molar-refractivity contribution is -0.385. The van der Waals surface area contributed by atoms with Gasteiger partial charge in [0.25, 0.3) is 11.4 Å². The molecule has 3 fully saturated rings. The molecule has 6 rings (SSSR count). The lowest BCUT2D eigenvalue weighted by Gasteiger charge is -2.46. The van der Waals surface area contributed by atoms with E-state index in [0.29, 0.717) is 35.7 Å². The summed E-state index contributed by atoms with van der Waals surface area (Å²) in [6, 6.07) is 10.3. The molecule has 2 amide bonds. The van der Waals surface area contributed by atoms with Gasteiger partial charge in [0.2, 0.25) is 5.91 Å². The number of carbonyl (C=O) groups is 3. The molecule has 3 saturated heterocycles. The highest BCUT2D eigenvalue weighted by Crippen LogP contribution is 2.52. The molecule has 0 bridgehead atoms. The number of nitro benzene ring substituents is 2. The van der Waals surface area contributed by atoms with Crippen molar-refractivity contribution < 1.29 is 48.3 Å². The fraction of sp³-hybridized carbons (Fsp3) is 0.469. The maximum Gasteiger partial charge on any atom is 0.410 e. The number of nitrogens with zero attached hydrogens (tertiary/aromatic N) is 4. The molecular weight excluding hydrogens is 664 g/mol. The third kappa shape index (κ3) is 6.83. The molecule has 0 spiro atoms. The van der Waals surface area contributed by atoms with Gasteiger partial charge in [0, 0.05) is 46.9 Å². The van der Waals surface area contributed by atoms with Gasteiger partial charge in [-0.1, -0.05) is 6.92 Å². The van der Waals surface area contributed by atoms with Crippen molar-refractivity contribution in [2.75, 3.05) is 19.8 Å². The Kier molecular flexibility index (Phi) is 9.87. The summed E-state index contributed by atoms with van der Waals surface area (Å²) in [5.74, 6) is -2.17. The standard InChI is InChI=1S/C32H34N4O12S/c1-17-26-25(18(2)37)29(38)34(26)27(30(39)47-15-19-3-7-21(8-4-19)35(41)42)28(17)49-23-13-24(31-45-11-12-46-31)33(14-23)32(40)48-16-20-5-9-22(10-6-20)36(43)44/h3-10,17-18,23-26,31,37H,11-16H2,1-2H3/t17-,18-,23+,24+,25-,26-/m1/s1. The van der Waals surface area contributed by atoms with Crippen LogP contribution in [0.4, 0.5) is 16.2 Å². The third-order valence-corrected chi connectivity index (χ3v) is 10.6. The first-order valence-electron chi connectivity index (χ1n) is 15.7. The zero-order valence-electron chi connectivity index (χ0n) is 26.5. The molecule has 17 heteroatoms. The molecule has 0 aliphatic carbocycles. The number of β-lactam (4-membered cyclic amide) rings is 1. The van der Waals surface area contributed by atoms with Gasteiger partial charge in [0.05, 0.1) is 47.2 Å². The van der Waals surface area contributed by atoms with E-state index in [1.807, 2.05) is 6.92 Å². The van der Waals surface area contributed by atoms with E-state index in [9.17, 15) is 39.7 Å². The van der Waals surface area contributed by atoms with E-state index in [0.717, 1.165) is 0 Å². The van der Waals surface area contributed by atoms with E-state index in [1.165, 1.54) is 77.0 Å². The molecule has 16 nitrogen and oxygen atoms in total. The second-order valence-electron chi connectivity index (χ2n) is 12.2. The van der Waals surface area contributed by atoms with Gasteiger partial charge in [0.15, 0.2) is 6.29 Å². The molecule has 260 valence electrons. The minimum atomic E-state index is -0.938. The molecule has 2 aromatic rings. The minimum Gasteiger partial charge on any atom is -0.456 e. The van der Waals surface area contributed by atoms with Gasteiger partial charge in [0.1, 0.15) is 18.9 Å². The van der Waals surface area contributed by atoms with E-state index in [-0.39, 0.29) is 48.0 Å². The summed E-state index contributed by atoms with van der Waals surface area (Å²) in [5, 5.41) is 32.1. The van der Waals surface area contributed by atoms with Crippen LogP contribution >= 0.6 is 11.8 Å². The average Bonchev–Trinajstić information content (AvgIpc) is 3.81. The molecule has 0 unspecified atom stereocenters. The largest absolute Gasteiger partial charge is 0.456 e. The Labute approximate surface area is 284 Å². The minimum absolute atomic E-state index is 0.0791. The number of likely N-dealkylation sites (tertiary alicyclic amines) is 1. The zero-order valence-corrected chi connectivity index (χ0v) is 27.4. The molecule has 0 aromatic heterocycles. The van der Waals surface area contributed by atoms with Crippen molar-refractivity contribution in [1.82, 2.24) is 9.80 Å². The van der Waals surface area contributed by atoms with Gasteiger partial charge in [-0.15, -0.1) is 11.8 Å². The fourth-order valence-electron chi connectivity index (χ4n) is 6.70. The summed E-state index contributed by atoms with van der Waals surface area (Å²) in [5.41, 5.74) is 0.979. The zero-order chi connectivity index (χ0) is 35.0. The van der Waals surface area contributed by atoms with Crippen LogP contribution in [0.15, 0.2) is 59.1 Å². The molecule has 6 atom stereocenters. The number of ether oxygens (including phenoxy) is 4. The number of amides is 2. The Hall–Kier alpha value is -4.58. The summed E-state index contributed by atoms with van der Waals surface area (Å²) < 4.78 is 22.7. The number of non-ortho nitro benzene ring substituents is 2. The monoisotopic (exact) mass is 698 g/mol. The number of benzene rings is 2. The smallest absolute Gasteiger partial charge is 0.410 e. The first kappa shape index (κ1) is 34.3. The van der Waals surface area contributed by atoms with Crippen LogP contribution in [0.25, 0.3) is 0 Å². The molecule has 49 heavy (non-hydrogen) atoms. The lowest BCUT2D eigenvalue weighted by atomic mass is 9.79. The highest BCUT2D eigenvalue weighted by Gasteiger charge is 2.60. The van der Waals surface area contributed by atoms with Gasteiger partial charge in [-0.3, -0.25) is 29.9 Å². The van der Waals surface area contributed by atoms with Crippen LogP contribution in [0.3, 0.4) is 0 Å². The van der Waals surface area contributed by atoms with Crippen LogP contribution in [-0.4, -0.2) is 92.2 Å². The SMILES string of the molecule is C[C@@H](O)[C@H]1C(=O)N2C(C(=O)OCc3ccc([N+](=O)[O-])cc3)=C(S[C@H]3C[C@@H](C4OCCO4)N(C(=O)OCc4ccc([N+](=O)[O-])cc4)C3)[C@H](C)[C@H]12. The molecule has 4 aliphatic rings. The number of fused-ring (bicyclic) bond motifs is 1. The van der Waals surface area contributed by atoms with Crippen molar-refractivity contribution in [3.63, 3.8) is 0 Å². The maximum absolute atomic E-state index is 13.6. The number of rotatable bonds is 11. The van der Waals surface area contributed by atoms with E-state index < -0.39 is 58.2 Å². The number of thioether (sulfide) groups is 1. The second-order valence-corrected chi connectivity index (χ2v) is 13.6. The van der Waals surface area contributed by atoms with Crippen molar-refractivity contribution in [1.29, 1.82) is 0 Å². The Morgan fingerprint density at radius 1 is 0.980 bits per heavy atom. The predicted molar refractivity (Wildman–Crippen MR) is 170 cm³/mol. The fourth-order valence-corrected chi connectivity index (χ4v) is 8.23. The van der Waals surface area contributed by atoms with E-state index in [4.69, 9.17) is 18.9 Å². The third-order valence-electron chi connectivity index (χ3n) is 9.12. The summed E-state index contributed by atoms with van der Waals surface area (Å²) in [6.45, 7) is 4.04. The lowest BCUT2D eigenvalue weighted by Crippen LogP contribution is -2.63. The van der Waals surface area contributed by atoms with Gasteiger partial charge in [-0.2, -0.15) is 0 Å². The topological polar surface area (TPSA) is 201 Å². The number of hydrogen-bond donors (Lipinski definition) is 1. The molecule has 1 N–H and O–H groups in total. The van der Waals surface area contributed by atoms with Crippen LogP contribution in [0.2, 0.25) is 0 Å². The normalized spacial score (nSPS) is 25.6. The first-order chi connectivity index (χ1) is 23.4. The Bertz CT molecular complexity index is 1660. The summed E-state index contributed by atoms with van der Waals surface area (Å²) in [7, 11) is 0. The van der Waals surface area contributed by atoms with Crippen LogP contribution in [0.5, 0.6) is 0 Å². The van der Waals surface area contributed by atoms with Crippen molar-refractivity contribution in [3.8, 4) is 0 Å². The van der Waals surface area contributed by atoms with Crippen molar-refractivity contribution in [2.45, 2.75) is 63.2 Å². The quantitative estimate of drug-likeness (QED) is 0.155. The highest BCUT2D eigenvalue weighted by atomic mass is 32.2. The van der Waals surface area contributed by atoms with Crippen molar-refractivity contribution in [2.24, 2.45) is 11.8 Å². The van der Waals surface area contributed by atoms with E-state index in [1.54, 1.807) is 0 Å². The number of esters is 1. The van der Waals surface area contributed by atoms with Crippen LogP contribution < -0.4 is 0 Å². The number of aliphatic hydroxyl groups is 1. The summed E-state index contributed by atoms with van der Waals surface area (Å²) in [6.07, 6.45) is -1.84. The predicted octanol–water partition coefficient (Wildman–Crippen LogP) is 3.50. The maximum atomic E-state index is 13.6. The highest BCUT2D eigenvalue weighted by molar-refractivity contribution is 8.03. The van der Waals surface area contributed by atoms with Crippen LogP contribution in [0.1, 0.15) is 31.4 Å². The Morgan fingerprint density at radius 3 is 2.06 bits per heavy atom. The van der Waals surface area contributed by atoms with Gasteiger partial charge < -0.3 is 29.0 Å². The molecule has 2 aromatic carbocycles. The molecule has 4 heterocycles. The Morgan fingerprint density at radius 2 is 1.53 bits per heavy atom.